The lowest BCUT2D eigenvalue weighted by Crippen LogP contribution is -2.39. The Morgan fingerprint density at radius 3 is 2.50 bits per heavy atom. The van der Waals surface area contributed by atoms with Crippen LogP contribution in [0, 0.1) is 5.92 Å². The lowest BCUT2D eigenvalue weighted by Gasteiger charge is -2.39. The highest BCUT2D eigenvalue weighted by Gasteiger charge is 2.35. The van der Waals surface area contributed by atoms with Crippen molar-refractivity contribution in [1.82, 2.24) is 0 Å². The summed E-state index contributed by atoms with van der Waals surface area (Å²) in [4.78, 5) is 0. The van der Waals surface area contributed by atoms with E-state index in [1.165, 1.54) is 18.4 Å². The maximum Gasteiger partial charge on any atom is 0.0724 e. The predicted molar refractivity (Wildman–Crippen MR) is 73.5 cm³/mol. The average Bonchev–Trinajstić information content (AvgIpc) is 2.41. The van der Waals surface area contributed by atoms with E-state index >= 15 is 0 Å². The molecular weight excluding hydrogens is 224 g/mol. The van der Waals surface area contributed by atoms with Crippen molar-refractivity contribution in [3.8, 4) is 0 Å². The third-order valence-corrected chi connectivity index (χ3v) is 4.05. The van der Waals surface area contributed by atoms with Crippen LogP contribution < -0.4 is 0 Å². The Hall–Kier alpha value is -0.860. The molecule has 0 saturated heterocycles. The molecule has 1 aliphatic carbocycles. The van der Waals surface area contributed by atoms with Gasteiger partial charge in [0, 0.05) is 6.42 Å². The summed E-state index contributed by atoms with van der Waals surface area (Å²) in [7, 11) is 0. The highest BCUT2D eigenvalue weighted by molar-refractivity contribution is 5.17. The smallest absolute Gasteiger partial charge is 0.0724 e. The van der Waals surface area contributed by atoms with Crippen LogP contribution in [-0.4, -0.2) is 23.9 Å². The second-order valence-electron chi connectivity index (χ2n) is 5.60. The van der Waals surface area contributed by atoms with Gasteiger partial charge in [0.15, 0.2) is 0 Å². The van der Waals surface area contributed by atoms with Crippen LogP contribution in [0.1, 0.15) is 38.2 Å². The van der Waals surface area contributed by atoms with Crippen molar-refractivity contribution in [3.05, 3.63) is 35.9 Å². The predicted octanol–water partition coefficient (Wildman–Crippen LogP) is 3.19. The Balaban J connectivity index is 2.05. The second kappa shape index (κ2) is 6.35. The summed E-state index contributed by atoms with van der Waals surface area (Å²) in [6.07, 6.45) is 5.67. The van der Waals surface area contributed by atoms with Gasteiger partial charge in [-0.3, -0.25) is 0 Å². The SMILES string of the molecule is CC1CCC(Cc2ccccc2)(OCCO)CC1. The van der Waals surface area contributed by atoms with Crippen LogP contribution in [0.4, 0.5) is 0 Å². The zero-order valence-corrected chi connectivity index (χ0v) is 11.3. The van der Waals surface area contributed by atoms with Crippen molar-refractivity contribution in [2.24, 2.45) is 5.92 Å². The lowest BCUT2D eigenvalue weighted by atomic mass is 9.76. The molecule has 0 unspecified atom stereocenters. The van der Waals surface area contributed by atoms with Gasteiger partial charge < -0.3 is 9.84 Å². The molecular formula is C16H24O2. The van der Waals surface area contributed by atoms with Gasteiger partial charge in [-0.15, -0.1) is 0 Å². The summed E-state index contributed by atoms with van der Waals surface area (Å²) >= 11 is 0. The fraction of sp³-hybridized carbons (Fsp3) is 0.625. The third kappa shape index (κ3) is 3.56. The topological polar surface area (TPSA) is 29.5 Å². The summed E-state index contributed by atoms with van der Waals surface area (Å²) in [5.41, 5.74) is 1.29. The number of ether oxygens (including phenoxy) is 1. The van der Waals surface area contributed by atoms with Gasteiger partial charge in [-0.25, -0.2) is 0 Å². The molecule has 18 heavy (non-hydrogen) atoms. The first-order valence-corrected chi connectivity index (χ1v) is 7.03. The van der Waals surface area contributed by atoms with E-state index in [4.69, 9.17) is 9.84 Å². The number of hydrogen-bond donors (Lipinski definition) is 1. The molecule has 1 aromatic rings. The van der Waals surface area contributed by atoms with Crippen molar-refractivity contribution in [2.75, 3.05) is 13.2 Å². The molecule has 0 atom stereocenters. The van der Waals surface area contributed by atoms with Crippen molar-refractivity contribution >= 4 is 0 Å². The zero-order chi connectivity index (χ0) is 12.8. The fourth-order valence-electron chi connectivity index (χ4n) is 2.89. The van der Waals surface area contributed by atoms with Crippen molar-refractivity contribution in [1.29, 1.82) is 0 Å². The summed E-state index contributed by atoms with van der Waals surface area (Å²) in [6.45, 7) is 2.89. The molecule has 0 spiro atoms. The van der Waals surface area contributed by atoms with Crippen molar-refractivity contribution < 1.29 is 9.84 Å². The lowest BCUT2D eigenvalue weighted by molar-refractivity contribution is -0.0860. The van der Waals surface area contributed by atoms with E-state index in [9.17, 15) is 0 Å². The van der Waals surface area contributed by atoms with E-state index in [1.807, 2.05) is 6.07 Å². The van der Waals surface area contributed by atoms with Crippen LogP contribution in [-0.2, 0) is 11.2 Å². The van der Waals surface area contributed by atoms with Gasteiger partial charge in [0.1, 0.15) is 0 Å². The maximum atomic E-state index is 9.00. The molecule has 0 aliphatic heterocycles. The van der Waals surface area contributed by atoms with Gasteiger partial charge >= 0.3 is 0 Å². The van der Waals surface area contributed by atoms with Gasteiger partial charge in [-0.2, -0.15) is 0 Å². The molecule has 2 nitrogen and oxygen atoms in total. The molecule has 1 aromatic carbocycles. The molecule has 0 bridgehead atoms. The van der Waals surface area contributed by atoms with E-state index in [0.29, 0.717) is 6.61 Å². The quantitative estimate of drug-likeness (QED) is 0.867. The minimum Gasteiger partial charge on any atom is -0.394 e. The number of benzene rings is 1. The summed E-state index contributed by atoms with van der Waals surface area (Å²) in [5.74, 6) is 0.812. The van der Waals surface area contributed by atoms with E-state index < -0.39 is 0 Å². The molecule has 1 saturated carbocycles. The van der Waals surface area contributed by atoms with Gasteiger partial charge in [0.2, 0.25) is 0 Å². The summed E-state index contributed by atoms with van der Waals surface area (Å²) < 4.78 is 6.02. The summed E-state index contributed by atoms with van der Waals surface area (Å²) in [5, 5.41) is 9.00. The normalized spacial score (nSPS) is 28.2. The van der Waals surface area contributed by atoms with Gasteiger partial charge in [-0.1, -0.05) is 37.3 Å². The maximum absolute atomic E-state index is 9.00. The Morgan fingerprint density at radius 1 is 1.22 bits per heavy atom. The minimum absolute atomic E-state index is 0.0450. The largest absolute Gasteiger partial charge is 0.394 e. The molecule has 0 amide bonds. The van der Waals surface area contributed by atoms with Crippen LogP contribution in [0.3, 0.4) is 0 Å². The van der Waals surface area contributed by atoms with E-state index in [-0.39, 0.29) is 12.2 Å². The van der Waals surface area contributed by atoms with E-state index in [1.54, 1.807) is 0 Å². The molecule has 0 radical (unpaired) electrons. The van der Waals surface area contributed by atoms with Crippen LogP contribution >= 0.6 is 0 Å². The summed E-state index contributed by atoms with van der Waals surface area (Å²) in [6, 6.07) is 10.6. The minimum atomic E-state index is -0.0450. The Labute approximate surface area is 110 Å². The molecule has 1 fully saturated rings. The molecule has 0 heterocycles. The average molecular weight is 248 g/mol. The Bertz CT molecular complexity index is 334. The van der Waals surface area contributed by atoms with Crippen molar-refractivity contribution in [2.45, 2.75) is 44.6 Å². The molecule has 1 aliphatic rings. The zero-order valence-electron chi connectivity index (χ0n) is 11.3. The van der Waals surface area contributed by atoms with Gasteiger partial charge in [-0.05, 0) is 37.2 Å². The first-order valence-electron chi connectivity index (χ1n) is 7.03. The molecule has 2 rings (SSSR count). The first-order chi connectivity index (χ1) is 8.74. The number of aliphatic hydroxyl groups excluding tert-OH is 1. The third-order valence-electron chi connectivity index (χ3n) is 4.05. The standard InChI is InChI=1S/C16H24O2/c1-14-7-9-16(10-8-14,18-12-11-17)13-15-5-3-2-4-6-15/h2-6,14,17H,7-13H2,1H3. The van der Waals surface area contributed by atoms with Crippen molar-refractivity contribution in [3.63, 3.8) is 0 Å². The monoisotopic (exact) mass is 248 g/mol. The van der Waals surface area contributed by atoms with Crippen LogP contribution in [0.25, 0.3) is 0 Å². The Kier molecular flexibility index (Phi) is 4.79. The number of rotatable bonds is 5. The highest BCUT2D eigenvalue weighted by atomic mass is 16.5. The second-order valence-corrected chi connectivity index (χ2v) is 5.60. The van der Waals surface area contributed by atoms with Gasteiger partial charge in [0.25, 0.3) is 0 Å². The van der Waals surface area contributed by atoms with E-state index in [0.717, 1.165) is 25.2 Å². The fourth-order valence-corrected chi connectivity index (χ4v) is 2.89. The van der Waals surface area contributed by atoms with Crippen LogP contribution in [0.2, 0.25) is 0 Å². The number of hydrogen-bond acceptors (Lipinski definition) is 2. The van der Waals surface area contributed by atoms with E-state index in [2.05, 4.69) is 31.2 Å². The first kappa shape index (κ1) is 13.6. The molecule has 0 aromatic heterocycles. The molecule has 100 valence electrons. The molecule has 2 heteroatoms. The molecule has 1 N–H and O–H groups in total. The van der Waals surface area contributed by atoms with Crippen LogP contribution in [0.15, 0.2) is 30.3 Å². The Morgan fingerprint density at radius 2 is 1.89 bits per heavy atom. The van der Waals surface area contributed by atoms with Crippen LogP contribution in [0.5, 0.6) is 0 Å². The highest BCUT2D eigenvalue weighted by Crippen LogP contribution is 2.37. The number of aliphatic hydroxyl groups is 1. The van der Waals surface area contributed by atoms with Gasteiger partial charge in [0.05, 0.1) is 18.8 Å².